The molecule has 0 aromatic carbocycles. The van der Waals surface area contributed by atoms with E-state index in [1.807, 2.05) is 0 Å². The third-order valence-corrected chi connectivity index (χ3v) is 3.96. The molecular formula is C14H23N5. The fraction of sp³-hybridized carbons (Fsp3) is 0.714. The minimum Gasteiger partial charge on any atom is -0.367 e. The number of nitrogens with zero attached hydrogens (tertiary/aromatic N) is 3. The molecule has 1 saturated heterocycles. The molecule has 0 spiro atoms. The summed E-state index contributed by atoms with van der Waals surface area (Å²) >= 11 is 0. The van der Waals surface area contributed by atoms with Crippen LogP contribution in [-0.2, 0) is 0 Å². The fourth-order valence-electron chi connectivity index (χ4n) is 2.62. The molecule has 2 heterocycles. The highest BCUT2D eigenvalue weighted by Gasteiger charge is 2.22. The van der Waals surface area contributed by atoms with E-state index < -0.39 is 0 Å². The molecule has 2 fully saturated rings. The topological polar surface area (TPSA) is 53.1 Å². The third-order valence-electron chi connectivity index (χ3n) is 3.96. The number of nitrogens with one attached hydrogen (secondary N) is 2. The van der Waals surface area contributed by atoms with Crippen molar-refractivity contribution in [1.29, 1.82) is 0 Å². The zero-order chi connectivity index (χ0) is 13.1. The number of anilines is 2. The van der Waals surface area contributed by atoms with Gasteiger partial charge in [0, 0.05) is 25.7 Å². The molecule has 1 aliphatic heterocycles. The van der Waals surface area contributed by atoms with Crippen molar-refractivity contribution in [2.24, 2.45) is 5.92 Å². The normalized spacial score (nSPS) is 20.3. The predicted octanol–water partition coefficient (Wildman–Crippen LogP) is 1.49. The highest BCUT2D eigenvalue weighted by atomic mass is 15.2. The average Bonchev–Trinajstić information content (AvgIpc) is 3.24. The number of hydrogen-bond acceptors (Lipinski definition) is 5. The Hall–Kier alpha value is -1.36. The van der Waals surface area contributed by atoms with E-state index in [0.717, 1.165) is 37.2 Å². The first-order valence-electron chi connectivity index (χ1n) is 7.32. The Kier molecular flexibility index (Phi) is 3.82. The molecular weight excluding hydrogens is 238 g/mol. The highest BCUT2D eigenvalue weighted by Crippen LogP contribution is 2.25. The first-order chi connectivity index (χ1) is 9.31. The number of piperidine rings is 1. The van der Waals surface area contributed by atoms with E-state index in [1.54, 1.807) is 6.33 Å². The quantitative estimate of drug-likeness (QED) is 0.841. The van der Waals surface area contributed by atoms with E-state index in [9.17, 15) is 0 Å². The largest absolute Gasteiger partial charge is 0.367 e. The predicted molar refractivity (Wildman–Crippen MR) is 77.5 cm³/mol. The van der Waals surface area contributed by atoms with Crippen LogP contribution in [-0.4, -0.2) is 42.7 Å². The van der Waals surface area contributed by atoms with Gasteiger partial charge in [-0.25, -0.2) is 9.97 Å². The lowest BCUT2D eigenvalue weighted by Gasteiger charge is -2.28. The Balaban J connectivity index is 1.59. The summed E-state index contributed by atoms with van der Waals surface area (Å²) < 4.78 is 0. The standard InChI is InChI=1S/C14H23N5/c1-19(9-11-4-6-15-7-5-11)14-8-13(16-10-17-14)18-12-2-3-12/h8,10-12,15H,2-7,9H2,1H3,(H,16,17,18). The van der Waals surface area contributed by atoms with Gasteiger partial charge in [0.25, 0.3) is 0 Å². The van der Waals surface area contributed by atoms with Crippen LogP contribution in [0.5, 0.6) is 0 Å². The molecule has 19 heavy (non-hydrogen) atoms. The molecule has 0 unspecified atom stereocenters. The molecule has 2 aliphatic rings. The van der Waals surface area contributed by atoms with Gasteiger partial charge in [-0.2, -0.15) is 0 Å². The van der Waals surface area contributed by atoms with E-state index in [2.05, 4.69) is 38.6 Å². The molecule has 104 valence electrons. The lowest BCUT2D eigenvalue weighted by atomic mass is 9.98. The van der Waals surface area contributed by atoms with Gasteiger partial charge in [0.15, 0.2) is 0 Å². The van der Waals surface area contributed by atoms with Crippen molar-refractivity contribution in [2.45, 2.75) is 31.7 Å². The monoisotopic (exact) mass is 261 g/mol. The molecule has 5 nitrogen and oxygen atoms in total. The summed E-state index contributed by atoms with van der Waals surface area (Å²) in [6.07, 6.45) is 6.73. The summed E-state index contributed by atoms with van der Waals surface area (Å²) in [5.74, 6) is 2.77. The molecule has 1 aliphatic carbocycles. The van der Waals surface area contributed by atoms with Crippen LogP contribution in [0.25, 0.3) is 0 Å². The summed E-state index contributed by atoms with van der Waals surface area (Å²) in [5.41, 5.74) is 0. The van der Waals surface area contributed by atoms with Crippen LogP contribution in [0.3, 0.4) is 0 Å². The van der Waals surface area contributed by atoms with Crippen molar-refractivity contribution in [3.63, 3.8) is 0 Å². The maximum Gasteiger partial charge on any atom is 0.133 e. The molecule has 3 rings (SSSR count). The highest BCUT2D eigenvalue weighted by molar-refractivity contribution is 5.48. The molecule has 0 atom stereocenters. The van der Waals surface area contributed by atoms with Crippen molar-refractivity contribution < 1.29 is 0 Å². The Morgan fingerprint density at radius 2 is 2.05 bits per heavy atom. The van der Waals surface area contributed by atoms with Crippen molar-refractivity contribution in [3.05, 3.63) is 12.4 Å². The summed E-state index contributed by atoms with van der Waals surface area (Å²) in [6.45, 7) is 3.38. The second-order valence-corrected chi connectivity index (χ2v) is 5.75. The van der Waals surface area contributed by atoms with Gasteiger partial charge in [0.1, 0.15) is 18.0 Å². The van der Waals surface area contributed by atoms with Crippen molar-refractivity contribution >= 4 is 11.6 Å². The van der Waals surface area contributed by atoms with Gasteiger partial charge in [-0.1, -0.05) is 0 Å². The Morgan fingerprint density at radius 3 is 2.79 bits per heavy atom. The summed E-state index contributed by atoms with van der Waals surface area (Å²) in [7, 11) is 2.13. The molecule has 1 aromatic heterocycles. The SMILES string of the molecule is CN(CC1CCNCC1)c1cc(NC2CC2)ncn1. The van der Waals surface area contributed by atoms with E-state index in [-0.39, 0.29) is 0 Å². The van der Waals surface area contributed by atoms with E-state index in [0.29, 0.717) is 6.04 Å². The fourth-order valence-corrected chi connectivity index (χ4v) is 2.62. The lowest BCUT2D eigenvalue weighted by molar-refractivity contribution is 0.377. The van der Waals surface area contributed by atoms with Gasteiger partial charge >= 0.3 is 0 Å². The van der Waals surface area contributed by atoms with Gasteiger partial charge in [0.05, 0.1) is 0 Å². The minimum absolute atomic E-state index is 0.637. The maximum absolute atomic E-state index is 4.39. The zero-order valence-corrected chi connectivity index (χ0v) is 11.6. The molecule has 1 aromatic rings. The number of hydrogen-bond donors (Lipinski definition) is 2. The maximum atomic E-state index is 4.39. The smallest absolute Gasteiger partial charge is 0.133 e. The average molecular weight is 261 g/mol. The van der Waals surface area contributed by atoms with Gasteiger partial charge < -0.3 is 15.5 Å². The van der Waals surface area contributed by atoms with Crippen LogP contribution >= 0.6 is 0 Å². The lowest BCUT2D eigenvalue weighted by Crippen LogP contribution is -2.34. The van der Waals surface area contributed by atoms with Gasteiger partial charge in [-0.15, -0.1) is 0 Å². The van der Waals surface area contributed by atoms with Crippen LogP contribution in [0.2, 0.25) is 0 Å². The van der Waals surface area contributed by atoms with Gasteiger partial charge in [-0.05, 0) is 44.7 Å². The molecule has 0 bridgehead atoms. The second kappa shape index (κ2) is 5.74. The molecule has 0 radical (unpaired) electrons. The Labute approximate surface area is 114 Å². The van der Waals surface area contributed by atoms with Crippen LogP contribution < -0.4 is 15.5 Å². The summed E-state index contributed by atoms with van der Waals surface area (Å²) in [5, 5.41) is 6.84. The zero-order valence-electron chi connectivity index (χ0n) is 11.6. The van der Waals surface area contributed by atoms with Crippen LogP contribution in [0.1, 0.15) is 25.7 Å². The first-order valence-corrected chi connectivity index (χ1v) is 7.32. The minimum atomic E-state index is 0.637. The Morgan fingerprint density at radius 1 is 1.26 bits per heavy atom. The molecule has 2 N–H and O–H groups in total. The Bertz CT molecular complexity index is 412. The molecule has 5 heteroatoms. The second-order valence-electron chi connectivity index (χ2n) is 5.75. The van der Waals surface area contributed by atoms with E-state index >= 15 is 0 Å². The van der Waals surface area contributed by atoms with Gasteiger partial charge in [-0.3, -0.25) is 0 Å². The number of rotatable bonds is 5. The third kappa shape index (κ3) is 3.56. The first kappa shape index (κ1) is 12.7. The van der Waals surface area contributed by atoms with Crippen molar-refractivity contribution in [2.75, 3.05) is 36.9 Å². The summed E-state index contributed by atoms with van der Waals surface area (Å²) in [4.78, 5) is 10.9. The van der Waals surface area contributed by atoms with Crippen LogP contribution in [0.4, 0.5) is 11.6 Å². The number of aromatic nitrogens is 2. The van der Waals surface area contributed by atoms with E-state index in [1.165, 1.54) is 25.7 Å². The molecule has 1 saturated carbocycles. The molecule has 0 amide bonds. The van der Waals surface area contributed by atoms with Crippen molar-refractivity contribution in [3.8, 4) is 0 Å². The van der Waals surface area contributed by atoms with Crippen molar-refractivity contribution in [1.82, 2.24) is 15.3 Å². The van der Waals surface area contributed by atoms with E-state index in [4.69, 9.17) is 0 Å². The van der Waals surface area contributed by atoms with Crippen LogP contribution in [0.15, 0.2) is 12.4 Å². The van der Waals surface area contributed by atoms with Gasteiger partial charge in [0.2, 0.25) is 0 Å². The van der Waals surface area contributed by atoms with Crippen LogP contribution in [0, 0.1) is 5.92 Å². The summed E-state index contributed by atoms with van der Waals surface area (Å²) in [6, 6.07) is 2.71.